The lowest BCUT2D eigenvalue weighted by Crippen LogP contribution is -2.58. The number of hydrogen-bond donors (Lipinski definition) is 1. The van der Waals surface area contributed by atoms with Crippen LogP contribution in [-0.4, -0.2) is 42.0 Å². The Hall–Kier alpha value is -2.07. The fraction of sp³-hybridized carbons (Fsp3) is 0.389. The fourth-order valence-corrected chi connectivity index (χ4v) is 4.94. The molecule has 5 rings (SSSR count). The van der Waals surface area contributed by atoms with Gasteiger partial charge < -0.3 is 9.84 Å². The number of piperidine rings is 1. The van der Waals surface area contributed by atoms with Gasteiger partial charge in [-0.1, -0.05) is 18.2 Å². The van der Waals surface area contributed by atoms with Crippen LogP contribution in [0.15, 0.2) is 35.4 Å². The van der Waals surface area contributed by atoms with E-state index >= 15 is 0 Å². The molecular formula is C18H17NO3. The van der Waals surface area contributed by atoms with Crippen LogP contribution < -0.4 is 4.74 Å². The number of likely N-dealkylation sites (N-methyl/N-ethyl adjacent to an activating group) is 1. The van der Waals surface area contributed by atoms with Crippen molar-refractivity contribution in [2.75, 3.05) is 13.6 Å². The molecule has 0 aromatic heterocycles. The molecule has 1 saturated heterocycles. The van der Waals surface area contributed by atoms with Gasteiger partial charge in [0.1, 0.15) is 12.4 Å². The van der Waals surface area contributed by atoms with Gasteiger partial charge in [-0.15, -0.1) is 0 Å². The summed E-state index contributed by atoms with van der Waals surface area (Å²) >= 11 is 0. The highest BCUT2D eigenvalue weighted by molar-refractivity contribution is 5.81. The summed E-state index contributed by atoms with van der Waals surface area (Å²) in [5, 5.41) is 10.3. The van der Waals surface area contributed by atoms with E-state index in [9.17, 15) is 9.90 Å². The minimum atomic E-state index is -0.288. The molecule has 3 unspecified atom stereocenters. The number of likely N-dealkylation sites (tertiary alicyclic amines) is 1. The molecule has 4 nitrogen and oxygen atoms in total. The first-order chi connectivity index (χ1) is 10.7. The molecule has 1 N–H and O–H groups in total. The molecule has 0 amide bonds. The number of allylic oxidation sites excluding steroid dienone is 2. The molecule has 0 radical (unpaired) electrons. The largest absolute Gasteiger partial charge is 0.504 e. The Bertz CT molecular complexity index is 779. The number of hydrogen-bond acceptors (Lipinski definition) is 4. The minimum Gasteiger partial charge on any atom is -0.504 e. The highest BCUT2D eigenvalue weighted by Gasteiger charge is 2.61. The second-order valence-corrected chi connectivity index (χ2v) is 6.77. The Labute approximate surface area is 128 Å². The van der Waals surface area contributed by atoms with Crippen LogP contribution >= 0.6 is 0 Å². The monoisotopic (exact) mass is 295 g/mol. The summed E-state index contributed by atoms with van der Waals surface area (Å²) in [5.74, 6) is 0.774. The van der Waals surface area contributed by atoms with Crippen molar-refractivity contribution >= 4 is 6.29 Å². The number of phenols is 1. The van der Waals surface area contributed by atoms with Crippen LogP contribution in [-0.2, 0) is 16.6 Å². The lowest BCUT2D eigenvalue weighted by atomic mass is 9.56. The second kappa shape index (κ2) is 3.82. The number of rotatable bonds is 1. The maximum Gasteiger partial charge on any atom is 0.166 e. The molecule has 3 atom stereocenters. The maximum atomic E-state index is 11.5. The van der Waals surface area contributed by atoms with Gasteiger partial charge in [0.2, 0.25) is 0 Å². The summed E-state index contributed by atoms with van der Waals surface area (Å²) in [6.07, 6.45) is 6.48. The number of carbonyl (C=O) groups excluding carboxylic acids is 1. The number of aromatic hydroxyl groups is 1. The van der Waals surface area contributed by atoms with Crippen molar-refractivity contribution in [2.45, 2.75) is 30.4 Å². The van der Waals surface area contributed by atoms with Crippen molar-refractivity contribution in [2.24, 2.45) is 0 Å². The Morgan fingerprint density at radius 3 is 3.09 bits per heavy atom. The van der Waals surface area contributed by atoms with Gasteiger partial charge in [0.15, 0.2) is 11.5 Å². The van der Waals surface area contributed by atoms with Crippen molar-refractivity contribution in [1.82, 2.24) is 4.90 Å². The first kappa shape index (κ1) is 12.5. The molecule has 1 spiro atoms. The standard InChI is InChI=1S/C18H17NO3/c1-19-7-6-18-12-4-2-11(9-20)17(18)22-16-14(21)5-3-10(15(16)18)8-13(12)19/h2-5,9,13,17,21H,6-8H2,1H3. The molecule has 1 aromatic rings. The van der Waals surface area contributed by atoms with Crippen LogP contribution in [0, 0.1) is 0 Å². The molecule has 2 aliphatic carbocycles. The first-order valence-electron chi connectivity index (χ1n) is 7.76. The number of carbonyl (C=O) groups is 1. The quantitative estimate of drug-likeness (QED) is 0.802. The average Bonchev–Trinajstić information content (AvgIpc) is 2.88. The summed E-state index contributed by atoms with van der Waals surface area (Å²) in [7, 11) is 2.16. The van der Waals surface area contributed by atoms with Gasteiger partial charge in [0.05, 0.1) is 5.41 Å². The van der Waals surface area contributed by atoms with Gasteiger partial charge >= 0.3 is 0 Å². The van der Waals surface area contributed by atoms with Gasteiger partial charge in [-0.2, -0.15) is 0 Å². The topological polar surface area (TPSA) is 49.8 Å². The third-order valence-corrected chi connectivity index (χ3v) is 5.93. The van der Waals surface area contributed by atoms with Crippen LogP contribution in [0.2, 0.25) is 0 Å². The van der Waals surface area contributed by atoms with E-state index in [1.54, 1.807) is 6.07 Å². The zero-order valence-electron chi connectivity index (χ0n) is 12.4. The van der Waals surface area contributed by atoms with E-state index in [4.69, 9.17) is 4.74 Å². The number of ether oxygens (including phenoxy) is 1. The van der Waals surface area contributed by atoms with Crippen molar-refractivity contribution < 1.29 is 14.6 Å². The lowest BCUT2D eigenvalue weighted by molar-refractivity contribution is -0.106. The summed E-state index contributed by atoms with van der Waals surface area (Å²) in [5.41, 5.74) is 4.13. The highest BCUT2D eigenvalue weighted by atomic mass is 16.5. The van der Waals surface area contributed by atoms with Crippen LogP contribution in [0.1, 0.15) is 17.5 Å². The van der Waals surface area contributed by atoms with Gasteiger partial charge in [0.25, 0.3) is 0 Å². The molecule has 4 heteroatoms. The lowest BCUT2D eigenvalue weighted by Gasteiger charge is -2.52. The predicted octanol–water partition coefficient (Wildman–Crippen LogP) is 1.72. The van der Waals surface area contributed by atoms with Crippen LogP contribution in [0.4, 0.5) is 0 Å². The van der Waals surface area contributed by atoms with E-state index in [1.807, 2.05) is 12.1 Å². The van der Waals surface area contributed by atoms with Crippen LogP contribution in [0.25, 0.3) is 0 Å². The summed E-state index contributed by atoms with van der Waals surface area (Å²) in [6.45, 7) is 0.975. The van der Waals surface area contributed by atoms with Gasteiger partial charge in [-0.05, 0) is 43.6 Å². The molecule has 1 aromatic carbocycles. The van der Waals surface area contributed by atoms with E-state index in [2.05, 4.69) is 18.0 Å². The fourth-order valence-electron chi connectivity index (χ4n) is 4.94. The van der Waals surface area contributed by atoms with Crippen molar-refractivity contribution in [3.8, 4) is 11.5 Å². The summed E-state index contributed by atoms with van der Waals surface area (Å²) < 4.78 is 6.14. The molecule has 2 heterocycles. The van der Waals surface area contributed by atoms with E-state index in [-0.39, 0.29) is 17.3 Å². The summed E-state index contributed by atoms with van der Waals surface area (Å²) in [6, 6.07) is 4.09. The number of benzene rings is 1. The number of aldehydes is 1. The van der Waals surface area contributed by atoms with Crippen molar-refractivity contribution in [3.63, 3.8) is 0 Å². The van der Waals surface area contributed by atoms with Crippen molar-refractivity contribution in [3.05, 3.63) is 46.6 Å². The first-order valence-corrected chi connectivity index (χ1v) is 7.76. The average molecular weight is 295 g/mol. The van der Waals surface area contributed by atoms with Crippen LogP contribution in [0.3, 0.4) is 0 Å². The van der Waals surface area contributed by atoms with Gasteiger partial charge in [0, 0.05) is 17.2 Å². The van der Waals surface area contributed by atoms with E-state index < -0.39 is 0 Å². The highest BCUT2D eigenvalue weighted by Crippen LogP contribution is 2.62. The molecule has 2 aliphatic heterocycles. The minimum absolute atomic E-state index is 0.185. The molecule has 22 heavy (non-hydrogen) atoms. The Morgan fingerprint density at radius 1 is 1.41 bits per heavy atom. The molecule has 1 fully saturated rings. The molecule has 2 bridgehead atoms. The number of phenolic OH excluding ortho intramolecular Hbond substituents is 1. The van der Waals surface area contributed by atoms with E-state index in [0.29, 0.717) is 17.4 Å². The SMILES string of the molecule is CN1CCC23C4=CC=C(C=O)C2Oc2c(O)ccc(c23)CC41. The zero-order chi connectivity index (χ0) is 15.1. The van der Waals surface area contributed by atoms with Crippen LogP contribution in [0.5, 0.6) is 11.5 Å². The van der Waals surface area contributed by atoms with Crippen molar-refractivity contribution in [1.29, 1.82) is 0 Å². The Balaban J connectivity index is 1.88. The Morgan fingerprint density at radius 2 is 2.27 bits per heavy atom. The molecular weight excluding hydrogens is 278 g/mol. The predicted molar refractivity (Wildman–Crippen MR) is 81.2 cm³/mol. The third kappa shape index (κ3) is 1.18. The molecule has 0 saturated carbocycles. The van der Waals surface area contributed by atoms with Gasteiger partial charge in [-0.3, -0.25) is 9.69 Å². The smallest absolute Gasteiger partial charge is 0.166 e. The van der Waals surface area contributed by atoms with E-state index in [0.717, 1.165) is 31.2 Å². The summed E-state index contributed by atoms with van der Waals surface area (Å²) in [4.78, 5) is 13.9. The van der Waals surface area contributed by atoms with Gasteiger partial charge in [-0.25, -0.2) is 0 Å². The van der Waals surface area contributed by atoms with E-state index in [1.165, 1.54) is 11.1 Å². The number of nitrogens with zero attached hydrogens (tertiary/aromatic N) is 1. The molecule has 112 valence electrons. The zero-order valence-corrected chi connectivity index (χ0v) is 12.4. The Kier molecular flexibility index (Phi) is 2.16. The maximum absolute atomic E-state index is 11.5. The second-order valence-electron chi connectivity index (χ2n) is 6.77. The molecule has 4 aliphatic rings. The third-order valence-electron chi connectivity index (χ3n) is 5.93. The normalized spacial score (nSPS) is 34.4.